The van der Waals surface area contributed by atoms with E-state index in [0.29, 0.717) is 11.8 Å². The Morgan fingerprint density at radius 2 is 1.71 bits per heavy atom. The van der Waals surface area contributed by atoms with Gasteiger partial charge in [-0.1, -0.05) is 32.0 Å². The van der Waals surface area contributed by atoms with Crippen LogP contribution in [-0.2, 0) is 0 Å². The number of likely N-dealkylation sites (tertiary alicyclic amines) is 1. The number of piperidine rings is 1. The monoisotopic (exact) mass is 374 g/mol. The molecule has 3 aromatic rings. The van der Waals surface area contributed by atoms with Crippen molar-refractivity contribution in [2.24, 2.45) is 11.8 Å². The van der Waals surface area contributed by atoms with E-state index in [1.165, 1.54) is 6.42 Å². The lowest BCUT2D eigenvalue weighted by molar-refractivity contribution is 0.0625. The van der Waals surface area contributed by atoms with Crippen molar-refractivity contribution in [1.82, 2.24) is 9.88 Å². The Morgan fingerprint density at radius 1 is 1.04 bits per heavy atom. The van der Waals surface area contributed by atoms with Crippen molar-refractivity contribution in [3.05, 3.63) is 60.2 Å². The summed E-state index contributed by atoms with van der Waals surface area (Å²) in [5.74, 6) is 1.97. The van der Waals surface area contributed by atoms with Gasteiger partial charge in [-0.15, -0.1) is 0 Å². The molecule has 1 aliphatic rings. The van der Waals surface area contributed by atoms with Crippen LogP contribution < -0.4 is 4.74 Å². The predicted octanol–water partition coefficient (Wildman–Crippen LogP) is 5.03. The molecule has 0 saturated carbocycles. The van der Waals surface area contributed by atoms with Crippen LogP contribution in [0.25, 0.3) is 22.2 Å². The second-order valence-corrected chi connectivity index (χ2v) is 7.96. The molecule has 1 aromatic heterocycles. The van der Waals surface area contributed by atoms with Gasteiger partial charge in [-0.2, -0.15) is 0 Å². The highest BCUT2D eigenvalue weighted by Gasteiger charge is 2.27. The predicted molar refractivity (Wildman–Crippen MR) is 113 cm³/mol. The van der Waals surface area contributed by atoms with E-state index in [1.54, 1.807) is 7.11 Å². The number of hydrogen-bond acceptors (Lipinski definition) is 3. The molecule has 1 amide bonds. The van der Waals surface area contributed by atoms with Crippen LogP contribution in [0.5, 0.6) is 5.75 Å². The first-order chi connectivity index (χ1) is 13.5. The Labute approximate surface area is 166 Å². The van der Waals surface area contributed by atoms with Crippen LogP contribution in [-0.4, -0.2) is 36.0 Å². The summed E-state index contributed by atoms with van der Waals surface area (Å²) in [6, 6.07) is 17.6. The molecule has 0 unspecified atom stereocenters. The average Bonchev–Trinajstić information content (AvgIpc) is 2.71. The van der Waals surface area contributed by atoms with Crippen molar-refractivity contribution in [1.29, 1.82) is 0 Å². The van der Waals surface area contributed by atoms with Gasteiger partial charge in [0.25, 0.3) is 5.91 Å². The molecule has 4 heteroatoms. The summed E-state index contributed by atoms with van der Waals surface area (Å²) >= 11 is 0. The molecule has 0 aliphatic carbocycles. The van der Waals surface area contributed by atoms with Gasteiger partial charge in [0, 0.05) is 24.0 Å². The molecular weight excluding hydrogens is 348 g/mol. The highest BCUT2D eigenvalue weighted by Crippen LogP contribution is 2.29. The third-order valence-corrected chi connectivity index (χ3v) is 5.49. The third kappa shape index (κ3) is 3.59. The summed E-state index contributed by atoms with van der Waals surface area (Å²) in [5, 5.41) is 0.913. The lowest BCUT2D eigenvalue weighted by Gasteiger charge is -2.35. The Kier molecular flexibility index (Phi) is 5.03. The maximum atomic E-state index is 13.5. The first kappa shape index (κ1) is 18.5. The molecule has 0 bridgehead atoms. The number of carbonyl (C=O) groups excluding carboxylic acids is 1. The lowest BCUT2D eigenvalue weighted by atomic mass is 9.91. The van der Waals surface area contributed by atoms with Gasteiger partial charge in [-0.25, -0.2) is 4.98 Å². The summed E-state index contributed by atoms with van der Waals surface area (Å²) in [7, 11) is 1.65. The number of hydrogen-bond donors (Lipinski definition) is 0. The fourth-order valence-corrected chi connectivity index (χ4v) is 4.26. The van der Waals surface area contributed by atoms with Crippen LogP contribution in [0.1, 0.15) is 30.6 Å². The molecule has 1 saturated heterocycles. The number of amides is 1. The standard InChI is InChI=1S/C24H26N2O2/c1-16-12-17(2)15-26(14-16)24(27)21-13-23(18-8-10-19(28-3)11-9-18)25-22-7-5-4-6-20(21)22/h4-11,13,16-17H,12,14-15H2,1-3H3/t16-,17-/m1/s1. The summed E-state index contributed by atoms with van der Waals surface area (Å²) in [6.07, 6.45) is 1.18. The lowest BCUT2D eigenvalue weighted by Crippen LogP contribution is -2.42. The molecule has 1 fully saturated rings. The minimum atomic E-state index is 0.103. The number of fused-ring (bicyclic) bond motifs is 1. The number of pyridine rings is 1. The number of benzene rings is 2. The number of carbonyl (C=O) groups is 1. The van der Waals surface area contributed by atoms with Crippen LogP contribution in [0.2, 0.25) is 0 Å². The number of rotatable bonds is 3. The van der Waals surface area contributed by atoms with Crippen molar-refractivity contribution < 1.29 is 9.53 Å². The van der Waals surface area contributed by atoms with E-state index in [1.807, 2.05) is 59.5 Å². The Bertz CT molecular complexity index is 987. The molecule has 0 spiro atoms. The SMILES string of the molecule is COc1ccc(-c2cc(C(=O)N3C[C@H](C)C[C@@H](C)C3)c3ccccc3n2)cc1. The molecule has 2 heterocycles. The summed E-state index contributed by atoms with van der Waals surface area (Å²) in [6.45, 7) is 6.09. The smallest absolute Gasteiger partial charge is 0.254 e. The van der Waals surface area contributed by atoms with Crippen LogP contribution in [0.15, 0.2) is 54.6 Å². The second-order valence-electron chi connectivity index (χ2n) is 7.96. The quantitative estimate of drug-likeness (QED) is 0.646. The van der Waals surface area contributed by atoms with Crippen molar-refractivity contribution in [3.63, 3.8) is 0 Å². The highest BCUT2D eigenvalue weighted by atomic mass is 16.5. The van der Waals surface area contributed by atoms with Crippen molar-refractivity contribution in [3.8, 4) is 17.0 Å². The minimum absolute atomic E-state index is 0.103. The maximum absolute atomic E-state index is 13.5. The largest absolute Gasteiger partial charge is 0.497 e. The van der Waals surface area contributed by atoms with E-state index < -0.39 is 0 Å². The summed E-state index contributed by atoms with van der Waals surface area (Å²) < 4.78 is 5.26. The number of para-hydroxylation sites is 1. The number of aromatic nitrogens is 1. The van der Waals surface area contributed by atoms with Gasteiger partial charge in [0.1, 0.15) is 5.75 Å². The summed E-state index contributed by atoms with van der Waals surface area (Å²) in [5.41, 5.74) is 3.36. The first-order valence-electron chi connectivity index (χ1n) is 9.88. The zero-order chi connectivity index (χ0) is 19.7. The van der Waals surface area contributed by atoms with E-state index in [2.05, 4.69) is 13.8 Å². The van der Waals surface area contributed by atoms with Gasteiger partial charge in [0.05, 0.1) is 23.9 Å². The van der Waals surface area contributed by atoms with Crippen molar-refractivity contribution in [2.45, 2.75) is 20.3 Å². The molecule has 0 radical (unpaired) electrons. The van der Waals surface area contributed by atoms with Gasteiger partial charge < -0.3 is 9.64 Å². The van der Waals surface area contributed by atoms with Gasteiger partial charge in [-0.3, -0.25) is 4.79 Å². The van der Waals surface area contributed by atoms with E-state index in [4.69, 9.17) is 9.72 Å². The van der Waals surface area contributed by atoms with Gasteiger partial charge in [0.2, 0.25) is 0 Å². The third-order valence-electron chi connectivity index (χ3n) is 5.49. The molecule has 0 N–H and O–H groups in total. The number of ether oxygens (including phenoxy) is 1. The molecule has 4 rings (SSSR count). The van der Waals surface area contributed by atoms with Crippen LogP contribution >= 0.6 is 0 Å². The van der Waals surface area contributed by atoms with Crippen LogP contribution in [0.4, 0.5) is 0 Å². The number of methoxy groups -OCH3 is 1. The van der Waals surface area contributed by atoms with Gasteiger partial charge >= 0.3 is 0 Å². The van der Waals surface area contributed by atoms with E-state index in [9.17, 15) is 4.79 Å². The Hall–Kier alpha value is -2.88. The fraction of sp³-hybridized carbons (Fsp3) is 0.333. The average molecular weight is 374 g/mol. The molecule has 1 aliphatic heterocycles. The first-order valence-corrected chi connectivity index (χ1v) is 9.88. The molecule has 4 nitrogen and oxygen atoms in total. The van der Waals surface area contributed by atoms with E-state index >= 15 is 0 Å². The van der Waals surface area contributed by atoms with Crippen molar-refractivity contribution in [2.75, 3.05) is 20.2 Å². The van der Waals surface area contributed by atoms with Crippen LogP contribution in [0, 0.1) is 11.8 Å². The molecule has 144 valence electrons. The summed E-state index contributed by atoms with van der Waals surface area (Å²) in [4.78, 5) is 20.3. The molecular formula is C24H26N2O2. The zero-order valence-corrected chi connectivity index (χ0v) is 16.7. The minimum Gasteiger partial charge on any atom is -0.497 e. The molecule has 2 aromatic carbocycles. The fourth-order valence-electron chi connectivity index (χ4n) is 4.26. The van der Waals surface area contributed by atoms with Crippen molar-refractivity contribution >= 4 is 16.8 Å². The molecule has 28 heavy (non-hydrogen) atoms. The van der Waals surface area contributed by atoms with E-state index in [-0.39, 0.29) is 5.91 Å². The second kappa shape index (κ2) is 7.63. The van der Waals surface area contributed by atoms with Gasteiger partial charge in [0.15, 0.2) is 0 Å². The molecule has 2 atom stereocenters. The Morgan fingerprint density at radius 3 is 2.39 bits per heavy atom. The van der Waals surface area contributed by atoms with E-state index in [0.717, 1.165) is 46.6 Å². The zero-order valence-electron chi connectivity index (χ0n) is 16.7. The Balaban J connectivity index is 1.79. The maximum Gasteiger partial charge on any atom is 0.254 e. The van der Waals surface area contributed by atoms with Crippen LogP contribution in [0.3, 0.4) is 0 Å². The normalized spacial score (nSPS) is 19.6. The highest BCUT2D eigenvalue weighted by molar-refractivity contribution is 6.07. The van der Waals surface area contributed by atoms with Gasteiger partial charge in [-0.05, 0) is 54.7 Å². The number of nitrogens with zero attached hydrogens (tertiary/aromatic N) is 2. The topological polar surface area (TPSA) is 42.4 Å².